The van der Waals surface area contributed by atoms with Crippen molar-refractivity contribution in [3.8, 4) is 23.2 Å². The molecule has 9 nitrogen and oxygen atoms in total. The van der Waals surface area contributed by atoms with Crippen molar-refractivity contribution in [2.45, 2.75) is 33.0 Å². The van der Waals surface area contributed by atoms with Crippen molar-refractivity contribution in [2.24, 2.45) is 0 Å². The number of pyridine rings is 1. The van der Waals surface area contributed by atoms with Gasteiger partial charge in [0.25, 0.3) is 0 Å². The van der Waals surface area contributed by atoms with Crippen LogP contribution >= 0.6 is 0 Å². The number of ether oxygens (including phenoxy) is 1. The zero-order valence-electron chi connectivity index (χ0n) is 24.1. The minimum Gasteiger partial charge on any atom is -0.478 e. The molecule has 0 saturated heterocycles. The lowest BCUT2D eigenvalue weighted by molar-refractivity contribution is 0.0697. The molecule has 1 N–H and O–H groups in total. The molecule has 0 saturated carbocycles. The van der Waals surface area contributed by atoms with Crippen molar-refractivity contribution in [1.82, 2.24) is 24.3 Å². The van der Waals surface area contributed by atoms with E-state index < -0.39 is 17.6 Å². The number of hydrogen-bond donors (Lipinski definition) is 1. The number of carbonyl (C=O) groups is 1. The van der Waals surface area contributed by atoms with Crippen molar-refractivity contribution in [1.29, 1.82) is 5.26 Å². The molecule has 0 amide bonds. The van der Waals surface area contributed by atoms with Crippen LogP contribution in [0.4, 0.5) is 8.78 Å². The zero-order valence-corrected chi connectivity index (χ0v) is 24.1. The highest BCUT2D eigenvalue weighted by molar-refractivity contribution is 5.92. The van der Waals surface area contributed by atoms with Crippen LogP contribution in [0.15, 0.2) is 85.1 Å². The molecule has 3 aromatic heterocycles. The lowest BCUT2D eigenvalue weighted by Gasteiger charge is -2.12. The van der Waals surface area contributed by atoms with Crippen molar-refractivity contribution in [3.05, 3.63) is 130 Å². The minimum atomic E-state index is -1.05. The van der Waals surface area contributed by atoms with E-state index >= 15 is 4.39 Å². The van der Waals surface area contributed by atoms with Gasteiger partial charge in [0.05, 0.1) is 46.2 Å². The summed E-state index contributed by atoms with van der Waals surface area (Å²) in [4.78, 5) is 20.9. The number of aryl methyl sites for hydroxylation is 1. The summed E-state index contributed by atoms with van der Waals surface area (Å²) in [5, 5.41) is 22.8. The first-order valence-electron chi connectivity index (χ1n) is 14.1. The van der Waals surface area contributed by atoms with Gasteiger partial charge in [-0.15, -0.1) is 0 Å². The number of nitrogens with zero attached hydrogens (tertiary/aromatic N) is 6. The Morgan fingerprint density at radius 3 is 2.56 bits per heavy atom. The van der Waals surface area contributed by atoms with E-state index in [0.29, 0.717) is 46.8 Å². The largest absolute Gasteiger partial charge is 0.478 e. The summed E-state index contributed by atoms with van der Waals surface area (Å²) in [7, 11) is 0. The number of benzene rings is 3. The third-order valence-corrected chi connectivity index (χ3v) is 7.48. The van der Waals surface area contributed by atoms with Gasteiger partial charge in [-0.2, -0.15) is 10.4 Å². The van der Waals surface area contributed by atoms with Crippen LogP contribution in [0.1, 0.15) is 45.5 Å². The first-order valence-corrected chi connectivity index (χ1v) is 14.1. The molecule has 224 valence electrons. The number of rotatable bonds is 10. The Bertz CT molecular complexity index is 2100. The number of hydrogen-bond acceptors (Lipinski definition) is 6. The van der Waals surface area contributed by atoms with Gasteiger partial charge in [0.15, 0.2) is 0 Å². The van der Waals surface area contributed by atoms with Gasteiger partial charge in [-0.3, -0.25) is 4.68 Å². The van der Waals surface area contributed by atoms with Gasteiger partial charge in [-0.1, -0.05) is 24.3 Å². The summed E-state index contributed by atoms with van der Waals surface area (Å²) < 4.78 is 39.3. The second kappa shape index (κ2) is 12.4. The molecule has 0 aliphatic rings. The summed E-state index contributed by atoms with van der Waals surface area (Å²) in [6.07, 6.45) is 1.87. The Morgan fingerprint density at radius 2 is 1.80 bits per heavy atom. The van der Waals surface area contributed by atoms with E-state index in [4.69, 9.17) is 15.0 Å². The predicted molar refractivity (Wildman–Crippen MR) is 162 cm³/mol. The third-order valence-electron chi connectivity index (χ3n) is 7.48. The van der Waals surface area contributed by atoms with Crippen LogP contribution in [0.2, 0.25) is 0 Å². The number of aromatic carboxylic acids is 1. The van der Waals surface area contributed by atoms with Gasteiger partial charge in [-0.25, -0.2) is 23.5 Å². The Kier molecular flexibility index (Phi) is 8.03. The van der Waals surface area contributed by atoms with Crippen LogP contribution in [0.5, 0.6) is 5.88 Å². The van der Waals surface area contributed by atoms with Crippen molar-refractivity contribution in [3.63, 3.8) is 0 Å². The lowest BCUT2D eigenvalue weighted by Crippen LogP contribution is -2.11. The van der Waals surface area contributed by atoms with E-state index in [-0.39, 0.29) is 35.6 Å². The maximum Gasteiger partial charge on any atom is 0.335 e. The topological polar surface area (TPSA) is 119 Å². The number of carboxylic acid groups (broad SMARTS) is 1. The van der Waals surface area contributed by atoms with Gasteiger partial charge in [0.2, 0.25) is 5.88 Å². The van der Waals surface area contributed by atoms with E-state index in [1.165, 1.54) is 24.3 Å². The Morgan fingerprint density at radius 1 is 0.978 bits per heavy atom. The van der Waals surface area contributed by atoms with Gasteiger partial charge in [0, 0.05) is 36.4 Å². The molecule has 3 aromatic carbocycles. The molecule has 0 radical (unpaired) electrons. The smallest absolute Gasteiger partial charge is 0.335 e. The SMILES string of the molecule is CCn1nccc1Cn1c(Cc2ccc(-c3cccc(OCc4ccc(C#N)cc4F)n3)cc2F)nc2ccc(C(=O)O)cc21. The molecule has 0 aliphatic heterocycles. The van der Waals surface area contributed by atoms with E-state index in [2.05, 4.69) is 10.1 Å². The number of imidazole rings is 1. The number of nitriles is 1. The van der Waals surface area contributed by atoms with Crippen molar-refractivity contribution < 1.29 is 23.4 Å². The highest BCUT2D eigenvalue weighted by Crippen LogP contribution is 2.26. The highest BCUT2D eigenvalue weighted by atomic mass is 19.1. The van der Waals surface area contributed by atoms with E-state index in [0.717, 1.165) is 11.8 Å². The van der Waals surface area contributed by atoms with E-state index in [1.807, 2.05) is 28.3 Å². The summed E-state index contributed by atoms with van der Waals surface area (Å²) >= 11 is 0. The van der Waals surface area contributed by atoms with Crippen LogP contribution in [-0.2, 0) is 26.1 Å². The molecule has 0 fully saturated rings. The fraction of sp³-hybridized carbons (Fsp3) is 0.147. The summed E-state index contributed by atoms with van der Waals surface area (Å²) in [6, 6.07) is 22.6. The van der Waals surface area contributed by atoms with Crippen LogP contribution < -0.4 is 4.74 Å². The maximum atomic E-state index is 15.6. The molecule has 3 heterocycles. The molecule has 0 spiro atoms. The van der Waals surface area contributed by atoms with Gasteiger partial charge in [0.1, 0.15) is 24.1 Å². The maximum absolute atomic E-state index is 15.6. The zero-order chi connectivity index (χ0) is 31.5. The second-order valence-electron chi connectivity index (χ2n) is 10.3. The molecule has 6 aromatic rings. The molecule has 45 heavy (non-hydrogen) atoms. The number of aromatic nitrogens is 5. The van der Waals surface area contributed by atoms with Crippen LogP contribution in [-0.4, -0.2) is 35.4 Å². The predicted octanol–water partition coefficient (Wildman–Crippen LogP) is 6.38. The quantitative estimate of drug-likeness (QED) is 0.193. The average molecular weight is 605 g/mol. The Balaban J connectivity index is 1.26. The fourth-order valence-electron chi connectivity index (χ4n) is 5.12. The molecule has 11 heteroatoms. The normalized spacial score (nSPS) is 11.1. The standard InChI is InChI=1S/C34H26F2N6O3/c1-2-42-26(12-13-38-42)19-41-31-16-24(34(43)44)10-11-30(31)39-32(41)17-22-8-9-23(15-28(22)36)29-4-3-5-33(40-29)45-20-25-7-6-21(18-37)14-27(25)35/h3-16H,2,17,19-20H2,1H3,(H,43,44). The molecular formula is C34H26F2N6O3. The van der Waals surface area contributed by atoms with Gasteiger partial charge < -0.3 is 14.4 Å². The van der Waals surface area contributed by atoms with E-state index in [1.54, 1.807) is 48.7 Å². The summed E-state index contributed by atoms with van der Waals surface area (Å²) in [5.41, 5.74) is 4.18. The molecular weight excluding hydrogens is 578 g/mol. The van der Waals surface area contributed by atoms with Crippen LogP contribution in [0.3, 0.4) is 0 Å². The molecule has 0 bridgehead atoms. The van der Waals surface area contributed by atoms with Crippen molar-refractivity contribution in [2.75, 3.05) is 0 Å². The monoisotopic (exact) mass is 604 g/mol. The molecule has 6 rings (SSSR count). The molecule has 0 atom stereocenters. The van der Waals surface area contributed by atoms with Crippen LogP contribution in [0, 0.1) is 23.0 Å². The van der Waals surface area contributed by atoms with Crippen molar-refractivity contribution >= 4 is 17.0 Å². The lowest BCUT2D eigenvalue weighted by atomic mass is 10.1. The summed E-state index contributed by atoms with van der Waals surface area (Å²) in [6.45, 7) is 2.93. The second-order valence-corrected chi connectivity index (χ2v) is 10.3. The first kappa shape index (κ1) is 29.2. The van der Waals surface area contributed by atoms with Gasteiger partial charge in [-0.05, 0) is 61.0 Å². The van der Waals surface area contributed by atoms with Crippen LogP contribution in [0.25, 0.3) is 22.3 Å². The average Bonchev–Trinajstić information content (AvgIpc) is 3.65. The third kappa shape index (κ3) is 6.12. The highest BCUT2D eigenvalue weighted by Gasteiger charge is 2.18. The van der Waals surface area contributed by atoms with Gasteiger partial charge >= 0.3 is 5.97 Å². The summed E-state index contributed by atoms with van der Waals surface area (Å²) in [5.74, 6) is -1.23. The first-order chi connectivity index (χ1) is 21.8. The minimum absolute atomic E-state index is 0.0880. The molecule has 0 unspecified atom stereocenters. The Labute approximate surface area is 256 Å². The number of halogens is 2. The number of carboxylic acids is 1. The fourth-order valence-corrected chi connectivity index (χ4v) is 5.12. The number of fused-ring (bicyclic) bond motifs is 1. The van der Waals surface area contributed by atoms with E-state index in [9.17, 15) is 14.3 Å². The molecule has 0 aliphatic carbocycles. The Hall–Kier alpha value is -5.89.